The third-order valence-electron chi connectivity index (χ3n) is 11.5. The second-order valence-electron chi connectivity index (χ2n) is 13.3. The lowest BCUT2D eigenvalue weighted by molar-refractivity contribution is -0.384. The highest BCUT2D eigenvalue weighted by Gasteiger charge is 2.73. The lowest BCUT2D eigenvalue weighted by Gasteiger charge is -2.68. The van der Waals surface area contributed by atoms with Crippen molar-refractivity contribution in [3.8, 4) is 0 Å². The number of imide groups is 1. The van der Waals surface area contributed by atoms with Gasteiger partial charge in [-0.2, -0.15) is 0 Å². The van der Waals surface area contributed by atoms with Gasteiger partial charge in [0.2, 0.25) is 11.8 Å². The number of allylic oxidation sites excluding steroid dienone is 2. The van der Waals surface area contributed by atoms with Gasteiger partial charge in [0.05, 0.1) is 27.9 Å². The minimum Gasteiger partial charge on any atom is -0.481 e. The number of carbonyl (C=O) groups excluding carboxylic acids is 2. The maximum absolute atomic E-state index is 14.3. The van der Waals surface area contributed by atoms with E-state index in [1.54, 1.807) is 6.07 Å². The standard InChI is InChI=1S/C30H36N2O6/c1-16(2)20-15-30-12-9-21-28(3,10-6-11-29(21,4)27(35)36)22(30)14-19(20)23-24(30)26(34)31(25(23)33)17-7-5-8-18(13-17)32(37)38/h5,7-8,13,15-16,19,21-24H,6,9-12,14H2,1-4H3,(H,35,36)/t19-,21+,22-,23+,24-,28-,29+,30-/m0/s1. The summed E-state index contributed by atoms with van der Waals surface area (Å²) in [5.74, 6) is -1.95. The lowest BCUT2D eigenvalue weighted by atomic mass is 9.34. The van der Waals surface area contributed by atoms with Gasteiger partial charge in [0.15, 0.2) is 0 Å². The smallest absolute Gasteiger partial charge is 0.309 e. The number of amides is 2. The number of carboxylic acids is 1. The first-order chi connectivity index (χ1) is 17.9. The van der Waals surface area contributed by atoms with Crippen LogP contribution in [0.15, 0.2) is 35.9 Å². The molecule has 0 radical (unpaired) electrons. The lowest BCUT2D eigenvalue weighted by Crippen LogP contribution is -2.65. The van der Waals surface area contributed by atoms with E-state index in [1.807, 2.05) is 6.92 Å². The largest absolute Gasteiger partial charge is 0.481 e. The fraction of sp³-hybridized carbons (Fsp3) is 0.633. The van der Waals surface area contributed by atoms with Crippen molar-refractivity contribution in [3.05, 3.63) is 46.0 Å². The predicted molar refractivity (Wildman–Crippen MR) is 140 cm³/mol. The second kappa shape index (κ2) is 7.99. The van der Waals surface area contributed by atoms with Crippen LogP contribution in [0.1, 0.15) is 66.2 Å². The minimum absolute atomic E-state index is 0.0191. The molecule has 1 aromatic carbocycles. The summed E-state index contributed by atoms with van der Waals surface area (Å²) in [5.41, 5.74) is -0.195. The van der Waals surface area contributed by atoms with Gasteiger partial charge in [0.1, 0.15) is 0 Å². The Hall–Kier alpha value is -3.03. The van der Waals surface area contributed by atoms with Crippen LogP contribution in [0.3, 0.4) is 0 Å². The highest BCUT2D eigenvalue weighted by atomic mass is 16.6. The van der Waals surface area contributed by atoms with E-state index in [-0.39, 0.29) is 52.3 Å². The van der Waals surface area contributed by atoms with Gasteiger partial charge in [0.25, 0.3) is 5.69 Å². The van der Waals surface area contributed by atoms with Crippen LogP contribution < -0.4 is 4.90 Å². The molecule has 6 aliphatic rings. The van der Waals surface area contributed by atoms with Gasteiger partial charge in [-0.1, -0.05) is 44.9 Å². The van der Waals surface area contributed by atoms with Crippen molar-refractivity contribution in [2.24, 2.45) is 51.8 Å². The molecule has 1 aromatic rings. The van der Waals surface area contributed by atoms with Crippen LogP contribution in [0.5, 0.6) is 0 Å². The topological polar surface area (TPSA) is 118 Å². The monoisotopic (exact) mass is 520 g/mol. The molecule has 5 aliphatic carbocycles. The van der Waals surface area contributed by atoms with Gasteiger partial charge >= 0.3 is 5.97 Å². The van der Waals surface area contributed by atoms with E-state index >= 15 is 0 Å². The molecule has 0 unspecified atom stereocenters. The van der Waals surface area contributed by atoms with E-state index in [2.05, 4.69) is 26.8 Å². The predicted octanol–water partition coefficient (Wildman–Crippen LogP) is 5.61. The molecule has 1 spiro atoms. The molecule has 8 atom stereocenters. The number of non-ortho nitro benzene ring substituents is 1. The van der Waals surface area contributed by atoms with Gasteiger partial charge in [-0.25, -0.2) is 4.90 Å². The highest BCUT2D eigenvalue weighted by molar-refractivity contribution is 6.23. The highest BCUT2D eigenvalue weighted by Crippen LogP contribution is 2.74. The fourth-order valence-corrected chi connectivity index (χ4v) is 9.96. The first-order valence-corrected chi connectivity index (χ1v) is 13.9. The Bertz CT molecular complexity index is 1300. The van der Waals surface area contributed by atoms with Gasteiger partial charge in [-0.05, 0) is 74.2 Å². The van der Waals surface area contributed by atoms with Crippen molar-refractivity contribution in [2.75, 3.05) is 4.90 Å². The van der Waals surface area contributed by atoms with Gasteiger partial charge < -0.3 is 5.11 Å². The van der Waals surface area contributed by atoms with Crippen molar-refractivity contribution in [2.45, 2.75) is 66.2 Å². The zero-order valence-corrected chi connectivity index (χ0v) is 22.5. The van der Waals surface area contributed by atoms with Crippen LogP contribution >= 0.6 is 0 Å². The van der Waals surface area contributed by atoms with E-state index in [1.165, 1.54) is 28.7 Å². The van der Waals surface area contributed by atoms with Crippen molar-refractivity contribution in [3.63, 3.8) is 0 Å². The molecule has 8 nitrogen and oxygen atoms in total. The molecule has 1 N–H and O–H groups in total. The molecular weight excluding hydrogens is 484 g/mol. The molecule has 38 heavy (non-hydrogen) atoms. The first kappa shape index (κ1) is 25.3. The number of carbonyl (C=O) groups is 3. The maximum atomic E-state index is 14.3. The molecule has 3 saturated carbocycles. The first-order valence-electron chi connectivity index (χ1n) is 13.9. The van der Waals surface area contributed by atoms with Crippen LogP contribution in [0, 0.1) is 61.9 Å². The van der Waals surface area contributed by atoms with Crippen molar-refractivity contribution >= 4 is 29.2 Å². The van der Waals surface area contributed by atoms with Crippen LogP contribution in [-0.4, -0.2) is 27.8 Å². The second-order valence-corrected chi connectivity index (χ2v) is 13.3. The number of nitro groups is 1. The summed E-state index contributed by atoms with van der Waals surface area (Å²) in [4.78, 5) is 53.0. The summed E-state index contributed by atoms with van der Waals surface area (Å²) in [6.45, 7) is 8.44. The third-order valence-corrected chi connectivity index (χ3v) is 11.5. The zero-order chi connectivity index (χ0) is 27.4. The number of hydrogen-bond acceptors (Lipinski definition) is 5. The van der Waals surface area contributed by atoms with Crippen LogP contribution in [-0.2, 0) is 14.4 Å². The summed E-state index contributed by atoms with van der Waals surface area (Å²) in [6, 6.07) is 5.80. The summed E-state index contributed by atoms with van der Waals surface area (Å²) in [6.07, 6.45) is 6.97. The summed E-state index contributed by atoms with van der Waals surface area (Å²) in [7, 11) is 0. The number of aliphatic carboxylic acids is 1. The number of rotatable bonds is 4. The Balaban J connectivity index is 1.48. The van der Waals surface area contributed by atoms with Crippen molar-refractivity contribution in [1.82, 2.24) is 0 Å². The van der Waals surface area contributed by atoms with Crippen LogP contribution in [0.2, 0.25) is 0 Å². The molecule has 2 bridgehead atoms. The average Bonchev–Trinajstić information content (AvgIpc) is 3.15. The molecule has 1 aliphatic heterocycles. The summed E-state index contributed by atoms with van der Waals surface area (Å²) >= 11 is 0. The van der Waals surface area contributed by atoms with Gasteiger partial charge in [-0.15, -0.1) is 0 Å². The molecular formula is C30H36N2O6. The van der Waals surface area contributed by atoms with E-state index in [0.717, 1.165) is 19.3 Å². The molecule has 0 aromatic heterocycles. The summed E-state index contributed by atoms with van der Waals surface area (Å²) in [5, 5.41) is 21.7. The van der Waals surface area contributed by atoms with Crippen molar-refractivity contribution in [1.29, 1.82) is 0 Å². The third kappa shape index (κ3) is 3.00. The van der Waals surface area contributed by atoms with E-state index in [0.29, 0.717) is 19.3 Å². The molecule has 202 valence electrons. The summed E-state index contributed by atoms with van der Waals surface area (Å²) < 4.78 is 0. The van der Waals surface area contributed by atoms with E-state index in [4.69, 9.17) is 0 Å². The normalized spacial score (nSPS) is 41.4. The number of nitro benzene ring substituents is 1. The quantitative estimate of drug-likeness (QED) is 0.239. The number of benzene rings is 1. The number of anilines is 1. The molecule has 4 fully saturated rings. The number of hydrogen-bond donors (Lipinski definition) is 1. The van der Waals surface area contributed by atoms with Gasteiger partial charge in [0, 0.05) is 17.5 Å². The minimum atomic E-state index is -0.792. The number of nitrogens with zero attached hydrogens (tertiary/aromatic N) is 2. The maximum Gasteiger partial charge on any atom is 0.309 e. The van der Waals surface area contributed by atoms with Crippen LogP contribution in [0.25, 0.3) is 0 Å². The Labute approximate surface area is 222 Å². The molecule has 7 rings (SSSR count). The SMILES string of the molecule is CC(C)C1=C[C@@]23CC[C@@H]4[C@](C)(CCC[C@@]4(C)C(=O)O)[C@@H]2C[C@@H]1[C@H]1C(=O)N(c2cccc([N+](=O)[O-])c2)C(=O)[C@H]13. The van der Waals surface area contributed by atoms with Crippen molar-refractivity contribution < 1.29 is 24.4 Å². The molecule has 8 heteroatoms. The Morgan fingerprint density at radius 2 is 1.87 bits per heavy atom. The van der Waals surface area contributed by atoms with Crippen LogP contribution in [0.4, 0.5) is 11.4 Å². The zero-order valence-electron chi connectivity index (χ0n) is 22.5. The molecule has 1 saturated heterocycles. The fourth-order valence-electron chi connectivity index (χ4n) is 9.96. The number of fused-ring (bicyclic) bond motifs is 1. The average molecular weight is 521 g/mol. The Kier molecular flexibility index (Phi) is 5.31. The molecule has 1 heterocycles. The Morgan fingerprint density at radius 3 is 2.53 bits per heavy atom. The van der Waals surface area contributed by atoms with E-state index in [9.17, 15) is 29.6 Å². The van der Waals surface area contributed by atoms with E-state index < -0.39 is 33.6 Å². The molecule has 2 amide bonds. The Morgan fingerprint density at radius 1 is 1.13 bits per heavy atom. The van der Waals surface area contributed by atoms with Gasteiger partial charge in [-0.3, -0.25) is 24.5 Å². The number of carboxylic acid groups (broad SMARTS) is 1.